The van der Waals surface area contributed by atoms with Crippen LogP contribution in [0.1, 0.15) is 6.92 Å². The number of nitrogens with zero attached hydrogens (tertiary/aromatic N) is 1. The maximum absolute atomic E-state index is 7.86. The fourth-order valence-corrected chi connectivity index (χ4v) is 0.295. The molecule has 0 aliphatic carbocycles. The van der Waals surface area contributed by atoms with Gasteiger partial charge in [-0.1, -0.05) is 6.08 Å². The Bertz CT molecular complexity index is 80.0. The van der Waals surface area contributed by atoms with Crippen molar-refractivity contribution in [1.82, 2.24) is 0 Å². The zero-order valence-electron chi connectivity index (χ0n) is 3.51. The van der Waals surface area contributed by atoms with Crippen molar-refractivity contribution in [1.29, 1.82) is 5.26 Å². The summed E-state index contributed by atoms with van der Waals surface area (Å²) in [4.78, 5) is 0. The number of rotatable bonds is 1. The fraction of sp³-hybridized carbons (Fsp3) is 0.250. The lowest BCUT2D eigenvalue weighted by atomic mass is 10.8. The number of hydrogen-bond acceptors (Lipinski definition) is 2. The molecule has 0 aromatic carbocycles. The molecule has 0 heterocycles. The molecule has 0 saturated carbocycles. The van der Waals surface area contributed by atoms with Gasteiger partial charge in [0.15, 0.2) is 0 Å². The van der Waals surface area contributed by atoms with E-state index in [-0.39, 0.29) is 0 Å². The third-order valence-corrected chi connectivity index (χ3v) is 0.770. The van der Waals surface area contributed by atoms with E-state index in [1.165, 1.54) is 0 Å². The van der Waals surface area contributed by atoms with Gasteiger partial charge in [0.05, 0.1) is 0 Å². The first-order valence-corrected chi connectivity index (χ1v) is 2.45. The molecular formula is C4H5NS. The molecule has 0 atom stereocenters. The lowest BCUT2D eigenvalue weighted by Crippen LogP contribution is -1.35. The summed E-state index contributed by atoms with van der Waals surface area (Å²) in [5, 5.41) is 11.5. The summed E-state index contributed by atoms with van der Waals surface area (Å²) in [7, 11) is 0. The Morgan fingerprint density at radius 1 is 1.83 bits per heavy atom. The number of thioether (sulfide) groups is 1. The van der Waals surface area contributed by atoms with Crippen molar-refractivity contribution >= 4 is 11.8 Å². The van der Waals surface area contributed by atoms with Gasteiger partial charge < -0.3 is 0 Å². The molecule has 0 aromatic heterocycles. The van der Waals surface area contributed by atoms with Gasteiger partial charge in [-0.2, -0.15) is 5.26 Å². The van der Waals surface area contributed by atoms with Crippen LogP contribution in [0.25, 0.3) is 0 Å². The molecule has 0 unspecified atom stereocenters. The van der Waals surface area contributed by atoms with Crippen LogP contribution in [-0.2, 0) is 0 Å². The molecule has 0 radical (unpaired) electrons. The van der Waals surface area contributed by atoms with Crippen LogP contribution in [-0.4, -0.2) is 0 Å². The molecular weight excluding hydrogens is 94.1 g/mol. The van der Waals surface area contributed by atoms with Crippen LogP contribution in [0, 0.1) is 10.7 Å². The molecule has 1 nitrogen and oxygen atoms in total. The summed E-state index contributed by atoms with van der Waals surface area (Å²) in [6.45, 7) is 1.88. The van der Waals surface area contributed by atoms with E-state index >= 15 is 0 Å². The van der Waals surface area contributed by atoms with Crippen LogP contribution in [0.3, 0.4) is 0 Å². The summed E-state index contributed by atoms with van der Waals surface area (Å²) < 4.78 is 0. The molecule has 32 valence electrons. The smallest absolute Gasteiger partial charge is 0.137 e. The Kier molecular flexibility index (Phi) is 4.26. The van der Waals surface area contributed by atoms with Crippen molar-refractivity contribution in [3.8, 4) is 5.40 Å². The fourth-order valence-electron chi connectivity index (χ4n) is 0.0985. The maximum Gasteiger partial charge on any atom is 0.137 e. The van der Waals surface area contributed by atoms with Gasteiger partial charge in [-0.15, -0.1) is 0 Å². The van der Waals surface area contributed by atoms with E-state index in [2.05, 4.69) is 0 Å². The van der Waals surface area contributed by atoms with Gasteiger partial charge >= 0.3 is 0 Å². The average Bonchev–Trinajstić information content (AvgIpc) is 1.61. The van der Waals surface area contributed by atoms with Crippen molar-refractivity contribution < 1.29 is 0 Å². The third kappa shape index (κ3) is 3.58. The zero-order valence-corrected chi connectivity index (χ0v) is 4.33. The average molecular weight is 99.2 g/mol. The van der Waals surface area contributed by atoms with E-state index in [0.29, 0.717) is 0 Å². The molecule has 0 saturated heterocycles. The van der Waals surface area contributed by atoms with Crippen molar-refractivity contribution in [3.05, 3.63) is 11.5 Å². The predicted octanol–water partition coefficient (Wildman–Crippen LogP) is 1.73. The maximum atomic E-state index is 7.86. The molecule has 0 bridgehead atoms. The van der Waals surface area contributed by atoms with Crippen LogP contribution < -0.4 is 0 Å². The first-order valence-electron chi connectivity index (χ1n) is 1.57. The van der Waals surface area contributed by atoms with E-state index in [1.54, 1.807) is 5.41 Å². The molecule has 2 heteroatoms. The Morgan fingerprint density at radius 3 is 2.67 bits per heavy atom. The second-order valence-corrected chi connectivity index (χ2v) is 1.37. The van der Waals surface area contributed by atoms with E-state index in [4.69, 9.17) is 5.26 Å². The Balaban J connectivity index is 2.92. The molecule has 0 aliphatic rings. The van der Waals surface area contributed by atoms with Crippen molar-refractivity contribution in [2.45, 2.75) is 6.92 Å². The highest BCUT2D eigenvalue weighted by Crippen LogP contribution is 1.94. The second kappa shape index (κ2) is 4.58. The topological polar surface area (TPSA) is 23.8 Å². The minimum Gasteiger partial charge on any atom is -0.185 e. The first-order chi connectivity index (χ1) is 2.91. The quantitative estimate of drug-likeness (QED) is 0.467. The van der Waals surface area contributed by atoms with E-state index in [1.807, 2.05) is 18.4 Å². The lowest BCUT2D eigenvalue weighted by molar-refractivity contribution is 1.57. The van der Waals surface area contributed by atoms with Crippen LogP contribution in [0.15, 0.2) is 11.5 Å². The van der Waals surface area contributed by atoms with Crippen molar-refractivity contribution in [3.63, 3.8) is 0 Å². The molecule has 0 rings (SSSR count). The highest BCUT2D eigenvalue weighted by Gasteiger charge is 1.61. The van der Waals surface area contributed by atoms with Crippen LogP contribution >= 0.6 is 11.8 Å². The second-order valence-electron chi connectivity index (χ2n) is 0.679. The van der Waals surface area contributed by atoms with Crippen LogP contribution in [0.4, 0.5) is 0 Å². The van der Waals surface area contributed by atoms with Gasteiger partial charge in [0.1, 0.15) is 5.40 Å². The SMILES string of the molecule is CC=CSC#N. The number of hydrogen-bond donors (Lipinski definition) is 0. The predicted molar refractivity (Wildman–Crippen MR) is 28.0 cm³/mol. The van der Waals surface area contributed by atoms with Gasteiger partial charge in [-0.05, 0) is 24.1 Å². The number of allylic oxidation sites excluding steroid dienone is 1. The normalized spacial score (nSPS) is 8.67. The Labute approximate surface area is 41.7 Å². The van der Waals surface area contributed by atoms with Gasteiger partial charge in [-0.25, -0.2) is 0 Å². The molecule has 0 spiro atoms. The van der Waals surface area contributed by atoms with Gasteiger partial charge in [0.2, 0.25) is 0 Å². The van der Waals surface area contributed by atoms with Crippen molar-refractivity contribution in [2.75, 3.05) is 0 Å². The monoisotopic (exact) mass is 99.0 g/mol. The van der Waals surface area contributed by atoms with Crippen molar-refractivity contribution in [2.24, 2.45) is 0 Å². The molecule has 0 aliphatic heterocycles. The minimum atomic E-state index is 1.13. The summed E-state index contributed by atoms with van der Waals surface area (Å²) in [6.07, 6.45) is 1.83. The summed E-state index contributed by atoms with van der Waals surface area (Å²) >= 11 is 1.13. The van der Waals surface area contributed by atoms with E-state index < -0.39 is 0 Å². The zero-order chi connectivity index (χ0) is 4.83. The van der Waals surface area contributed by atoms with E-state index in [0.717, 1.165) is 11.8 Å². The summed E-state index contributed by atoms with van der Waals surface area (Å²) in [6, 6.07) is 0. The van der Waals surface area contributed by atoms with E-state index in [9.17, 15) is 0 Å². The standard InChI is InChI=1S/C4H5NS/c1-2-3-6-4-5/h2-3H,1H3. The van der Waals surface area contributed by atoms with Crippen LogP contribution in [0.5, 0.6) is 0 Å². The molecule has 0 fully saturated rings. The number of thiocyanates is 1. The number of nitriles is 1. The van der Waals surface area contributed by atoms with Gasteiger partial charge in [0, 0.05) is 0 Å². The minimum absolute atomic E-state index is 1.13. The highest BCUT2D eigenvalue weighted by molar-refractivity contribution is 8.06. The molecule has 0 amide bonds. The molecule has 0 aromatic rings. The highest BCUT2D eigenvalue weighted by atomic mass is 32.2. The summed E-state index contributed by atoms with van der Waals surface area (Å²) in [5.74, 6) is 0. The Morgan fingerprint density at radius 2 is 2.50 bits per heavy atom. The molecule has 0 N–H and O–H groups in total. The third-order valence-electron chi connectivity index (χ3n) is 0.257. The first kappa shape index (κ1) is 5.58. The largest absolute Gasteiger partial charge is 0.185 e. The lowest BCUT2D eigenvalue weighted by Gasteiger charge is -1.62. The Hall–Kier alpha value is -0.420. The van der Waals surface area contributed by atoms with Crippen LogP contribution in [0.2, 0.25) is 0 Å². The molecule has 6 heavy (non-hydrogen) atoms. The summed E-state index contributed by atoms with van der Waals surface area (Å²) in [5.41, 5.74) is 0. The van der Waals surface area contributed by atoms with Gasteiger partial charge in [-0.3, -0.25) is 0 Å². The van der Waals surface area contributed by atoms with Gasteiger partial charge in [0.25, 0.3) is 0 Å².